The highest BCUT2D eigenvalue weighted by Gasteiger charge is 2.86. The molecule has 7 aliphatic rings. The van der Waals surface area contributed by atoms with Gasteiger partial charge in [-0.05, 0) is 107 Å². The summed E-state index contributed by atoms with van der Waals surface area (Å²) in [6, 6.07) is 0.627. The van der Waals surface area contributed by atoms with Crippen LogP contribution >= 0.6 is 0 Å². The fourth-order valence-corrected chi connectivity index (χ4v) is 13.2. The minimum absolute atomic E-state index is 0.0994. The van der Waals surface area contributed by atoms with Gasteiger partial charge in [0.1, 0.15) is 11.7 Å². The summed E-state index contributed by atoms with van der Waals surface area (Å²) < 4.78 is 13.4. The fraction of sp³-hybridized carbons (Fsp3) is 0.897. The van der Waals surface area contributed by atoms with Crippen molar-refractivity contribution in [2.24, 2.45) is 51.8 Å². The first-order valence-electron chi connectivity index (χ1n) is 19.2. The number of carboxylic acids is 1. The Balaban J connectivity index is 1.16. The molecule has 46 heavy (non-hydrogen) atoms. The zero-order valence-corrected chi connectivity index (χ0v) is 29.6. The molecule has 7 nitrogen and oxygen atoms in total. The average Bonchev–Trinajstić information content (AvgIpc) is 3.73. The van der Waals surface area contributed by atoms with Gasteiger partial charge in [0, 0.05) is 31.1 Å². The second-order valence-corrected chi connectivity index (χ2v) is 17.4. The third kappa shape index (κ3) is 4.63. The summed E-state index contributed by atoms with van der Waals surface area (Å²) in [7, 11) is 0. The molecule has 7 heteroatoms. The van der Waals surface area contributed by atoms with Gasteiger partial charge in [0.15, 0.2) is 0 Å². The van der Waals surface area contributed by atoms with Crippen molar-refractivity contribution in [3.8, 4) is 0 Å². The highest BCUT2D eigenvalue weighted by atomic mass is 16.5. The Morgan fingerprint density at radius 3 is 2.41 bits per heavy atom. The van der Waals surface area contributed by atoms with Crippen LogP contribution in [-0.4, -0.2) is 90.3 Å². The van der Waals surface area contributed by atoms with E-state index in [1.807, 2.05) is 0 Å². The maximum Gasteiger partial charge on any atom is 0.315 e. The van der Waals surface area contributed by atoms with Crippen LogP contribution in [0.5, 0.6) is 0 Å². The molecule has 0 aromatic rings. The summed E-state index contributed by atoms with van der Waals surface area (Å²) in [6.45, 7) is 18.5. The Morgan fingerprint density at radius 2 is 1.78 bits per heavy atom. The number of carbonyl (C=O) groups excluding carboxylic acids is 1. The van der Waals surface area contributed by atoms with Gasteiger partial charge in [0.2, 0.25) is 0 Å². The lowest BCUT2D eigenvalue weighted by molar-refractivity contribution is -0.197. The zero-order valence-electron chi connectivity index (χ0n) is 29.6. The van der Waals surface area contributed by atoms with Gasteiger partial charge in [0.05, 0.1) is 29.8 Å². The number of rotatable bonds is 10. The van der Waals surface area contributed by atoms with Gasteiger partial charge in [-0.3, -0.25) is 9.69 Å². The maximum atomic E-state index is 14.1. The van der Waals surface area contributed by atoms with Crippen LogP contribution in [0.1, 0.15) is 106 Å². The lowest BCUT2D eigenvalue weighted by Crippen LogP contribution is -2.65. The lowest BCUT2D eigenvalue weighted by Gasteiger charge is -2.60. The van der Waals surface area contributed by atoms with Crippen LogP contribution in [0.25, 0.3) is 0 Å². The smallest absolute Gasteiger partial charge is 0.315 e. The molecule has 0 aromatic heterocycles. The molecule has 3 saturated carbocycles. The third-order valence-electron chi connectivity index (χ3n) is 14.8. The normalized spacial score (nSPS) is 47.8. The number of hydrogen-bond acceptors (Lipinski definition) is 6. The molecule has 6 fully saturated rings. The molecular weight excluding hydrogens is 576 g/mol. The summed E-state index contributed by atoms with van der Waals surface area (Å²) in [6.07, 6.45) is 14.6. The second kappa shape index (κ2) is 12.2. The van der Waals surface area contributed by atoms with E-state index >= 15 is 0 Å². The van der Waals surface area contributed by atoms with E-state index < -0.39 is 22.2 Å². The van der Waals surface area contributed by atoms with Crippen LogP contribution in [0, 0.1) is 51.8 Å². The molecule has 258 valence electrons. The second-order valence-electron chi connectivity index (χ2n) is 17.4. The number of ether oxygens (including phenoxy) is 2. The van der Waals surface area contributed by atoms with Crippen LogP contribution in [-0.2, 0) is 19.1 Å². The molecule has 4 aliphatic carbocycles. The first kappa shape index (κ1) is 33.2. The number of piperidine rings is 1. The summed E-state index contributed by atoms with van der Waals surface area (Å²) in [5.74, 6) is 1.00. The Kier molecular flexibility index (Phi) is 8.85. The van der Waals surface area contributed by atoms with Crippen LogP contribution in [0.15, 0.2) is 11.6 Å². The molecule has 2 unspecified atom stereocenters. The van der Waals surface area contributed by atoms with E-state index in [1.54, 1.807) is 0 Å². The van der Waals surface area contributed by atoms with Crippen molar-refractivity contribution in [3.63, 3.8) is 0 Å². The molecule has 0 spiro atoms. The molecular formula is C39H62N2O5. The van der Waals surface area contributed by atoms with E-state index in [1.165, 1.54) is 25.5 Å². The molecule has 3 saturated heterocycles. The number of carboxylic acid groups (broad SMARTS) is 1. The van der Waals surface area contributed by atoms with Crippen molar-refractivity contribution < 1.29 is 24.2 Å². The predicted molar refractivity (Wildman–Crippen MR) is 179 cm³/mol. The molecule has 7 rings (SSSR count). The molecule has 3 heterocycles. The Hall–Kier alpha value is -1.28. The molecule has 0 amide bonds. The van der Waals surface area contributed by atoms with E-state index in [0.717, 1.165) is 76.8 Å². The number of fused-ring (bicyclic) bond motifs is 2. The zero-order chi connectivity index (χ0) is 32.6. The monoisotopic (exact) mass is 638 g/mol. The number of morpholine rings is 1. The van der Waals surface area contributed by atoms with Crippen molar-refractivity contribution in [1.82, 2.24) is 9.80 Å². The van der Waals surface area contributed by atoms with E-state index in [9.17, 15) is 14.7 Å². The van der Waals surface area contributed by atoms with E-state index in [2.05, 4.69) is 57.4 Å². The standard InChI is InChI=1S/C39H62N2O5/c1-7-8-9-28-16-35(46-34(28)22-40-14-12-30(13-15-40)41-20-26(5)45-27(6)21-41)38-19-31-25(4)10-11-32(31)37(23-42)18-29(38)17-33(24(2)3)39(37,38)36(43)44/h17,23-32,34-35H,7-16,18-22H2,1-6H3,(H,43,44)/t25-,26-,27+,28-,29+,31-,32-,34+,35-,37?,38?,39+/m1/s1. The highest BCUT2D eigenvalue weighted by molar-refractivity contribution is 5.90. The Morgan fingerprint density at radius 1 is 1.07 bits per heavy atom. The van der Waals surface area contributed by atoms with Gasteiger partial charge in [-0.15, -0.1) is 0 Å². The predicted octanol–water partition coefficient (Wildman–Crippen LogP) is 6.45. The minimum Gasteiger partial charge on any atom is -0.481 e. The van der Waals surface area contributed by atoms with Crippen molar-refractivity contribution in [1.29, 1.82) is 0 Å². The fourth-order valence-electron chi connectivity index (χ4n) is 13.2. The Bertz CT molecular complexity index is 1190. The van der Waals surface area contributed by atoms with Gasteiger partial charge in [0.25, 0.3) is 0 Å². The van der Waals surface area contributed by atoms with Gasteiger partial charge >= 0.3 is 5.97 Å². The summed E-state index contributed by atoms with van der Waals surface area (Å²) >= 11 is 0. The summed E-state index contributed by atoms with van der Waals surface area (Å²) in [5, 5.41) is 11.5. The van der Waals surface area contributed by atoms with E-state index in [0.29, 0.717) is 42.4 Å². The van der Waals surface area contributed by atoms with Gasteiger partial charge in [-0.25, -0.2) is 0 Å². The van der Waals surface area contributed by atoms with Gasteiger partial charge < -0.3 is 24.3 Å². The number of unbranched alkanes of at least 4 members (excludes halogenated alkanes) is 1. The van der Waals surface area contributed by atoms with Crippen LogP contribution in [0.3, 0.4) is 0 Å². The number of likely N-dealkylation sites (tertiary alicyclic amines) is 1. The quantitative estimate of drug-likeness (QED) is 0.218. The SMILES string of the molecule is CCCC[C@@H]1C[C@H](C23C[C@@H]4[C@H](C)CC[C@H]4C4(C=O)C[C@@H]2C=C(C(C)C)[C@]43C(=O)O)O[C@H]1CN1CCC(N2C[C@@H](C)O[C@@H](C)C2)CC1. The first-order chi connectivity index (χ1) is 22.0. The number of aldehydes is 1. The largest absolute Gasteiger partial charge is 0.481 e. The van der Waals surface area contributed by atoms with Crippen molar-refractivity contribution >= 4 is 12.3 Å². The molecule has 0 radical (unpaired) electrons. The maximum absolute atomic E-state index is 14.1. The molecule has 4 bridgehead atoms. The lowest BCUT2D eigenvalue weighted by atomic mass is 9.41. The van der Waals surface area contributed by atoms with Crippen LogP contribution < -0.4 is 0 Å². The van der Waals surface area contributed by atoms with Crippen LogP contribution in [0.2, 0.25) is 0 Å². The highest BCUT2D eigenvalue weighted by Crippen LogP contribution is 2.84. The third-order valence-corrected chi connectivity index (χ3v) is 14.8. The van der Waals surface area contributed by atoms with Gasteiger partial charge in [-0.1, -0.05) is 58.6 Å². The van der Waals surface area contributed by atoms with E-state index in [-0.39, 0.29) is 30.0 Å². The number of allylic oxidation sites excluding steroid dienone is 1. The van der Waals surface area contributed by atoms with E-state index in [4.69, 9.17) is 9.47 Å². The van der Waals surface area contributed by atoms with Gasteiger partial charge in [-0.2, -0.15) is 0 Å². The van der Waals surface area contributed by atoms with Crippen molar-refractivity contribution in [3.05, 3.63) is 11.6 Å². The van der Waals surface area contributed by atoms with Crippen molar-refractivity contribution in [2.45, 2.75) is 136 Å². The minimum atomic E-state index is -1.15. The number of nitrogens with zero attached hydrogens (tertiary/aromatic N) is 2. The van der Waals surface area contributed by atoms with Crippen molar-refractivity contribution in [2.75, 3.05) is 32.7 Å². The molecule has 1 N–H and O–H groups in total. The average molecular weight is 639 g/mol. The number of aliphatic carboxylic acids is 1. The summed E-state index contributed by atoms with van der Waals surface area (Å²) in [5.41, 5.74) is -1.46. The number of carbonyl (C=O) groups is 2. The molecule has 12 atom stereocenters. The Labute approximate surface area is 278 Å². The molecule has 0 aromatic carbocycles. The first-order valence-corrected chi connectivity index (χ1v) is 19.2. The topological polar surface area (TPSA) is 79.3 Å². The number of hydrogen-bond donors (Lipinski definition) is 1. The van der Waals surface area contributed by atoms with Crippen LogP contribution in [0.4, 0.5) is 0 Å². The molecule has 3 aliphatic heterocycles. The summed E-state index contributed by atoms with van der Waals surface area (Å²) in [4.78, 5) is 33.0.